The highest BCUT2D eigenvalue weighted by Gasteiger charge is 2.08. The van der Waals surface area contributed by atoms with Crippen molar-refractivity contribution in [1.29, 1.82) is 5.41 Å². The smallest absolute Gasteiger partial charge is 0.124 e. The van der Waals surface area contributed by atoms with Crippen molar-refractivity contribution in [1.82, 2.24) is 0 Å². The third-order valence-corrected chi connectivity index (χ3v) is 4.23. The second kappa shape index (κ2) is 5.82. The van der Waals surface area contributed by atoms with E-state index in [-0.39, 0.29) is 5.84 Å². The lowest BCUT2D eigenvalue weighted by molar-refractivity contribution is 0.940. The zero-order chi connectivity index (χ0) is 14.0. The highest BCUT2D eigenvalue weighted by molar-refractivity contribution is 7.16. The maximum atomic E-state index is 7.40. The maximum absolute atomic E-state index is 7.40. The van der Waals surface area contributed by atoms with Crippen LogP contribution in [0.2, 0.25) is 9.36 Å². The normalized spacial score (nSPS) is 10.5. The average Bonchev–Trinajstić information content (AvgIpc) is 2.74. The Bertz CT molecular complexity index is 610. The molecule has 1 aromatic carbocycles. The Morgan fingerprint density at radius 2 is 2.05 bits per heavy atom. The van der Waals surface area contributed by atoms with Gasteiger partial charge >= 0.3 is 0 Å². The number of thiophene rings is 1. The van der Waals surface area contributed by atoms with Crippen molar-refractivity contribution in [3.63, 3.8) is 0 Å². The lowest BCUT2D eigenvalue weighted by Crippen LogP contribution is -2.17. The second-order valence-electron chi connectivity index (χ2n) is 4.14. The Hall–Kier alpha value is -1.23. The van der Waals surface area contributed by atoms with Crippen molar-refractivity contribution in [2.24, 2.45) is 5.73 Å². The third-order valence-electron chi connectivity index (χ3n) is 2.71. The fourth-order valence-corrected chi connectivity index (χ4v) is 3.14. The highest BCUT2D eigenvalue weighted by Crippen LogP contribution is 2.27. The van der Waals surface area contributed by atoms with Crippen LogP contribution in [0.5, 0.6) is 0 Å². The van der Waals surface area contributed by atoms with E-state index >= 15 is 0 Å². The zero-order valence-electron chi connectivity index (χ0n) is 10.3. The van der Waals surface area contributed by atoms with Gasteiger partial charge < -0.3 is 10.6 Å². The quantitative estimate of drug-likeness (QED) is 0.662. The van der Waals surface area contributed by atoms with Gasteiger partial charge in [-0.15, -0.1) is 11.3 Å². The van der Waals surface area contributed by atoms with Crippen molar-refractivity contribution in [3.05, 3.63) is 50.1 Å². The molecule has 100 valence electrons. The summed E-state index contributed by atoms with van der Waals surface area (Å²) in [6.45, 7) is 0.757. The summed E-state index contributed by atoms with van der Waals surface area (Å²) in [7, 11) is 1.98. The molecule has 2 rings (SSSR count). The molecule has 1 aromatic heterocycles. The molecular weight excluding hydrogens is 301 g/mol. The minimum atomic E-state index is -0.0239. The highest BCUT2D eigenvalue weighted by atomic mass is 35.5. The molecule has 0 unspecified atom stereocenters. The fourth-order valence-electron chi connectivity index (χ4n) is 1.72. The van der Waals surface area contributed by atoms with Crippen molar-refractivity contribution in [2.75, 3.05) is 11.9 Å². The maximum Gasteiger partial charge on any atom is 0.124 e. The van der Waals surface area contributed by atoms with Crippen molar-refractivity contribution >= 4 is 46.1 Å². The molecule has 0 saturated carbocycles. The third kappa shape index (κ3) is 3.41. The van der Waals surface area contributed by atoms with Crippen LogP contribution in [-0.2, 0) is 6.54 Å². The lowest BCUT2D eigenvalue weighted by atomic mass is 10.2. The summed E-state index contributed by atoms with van der Waals surface area (Å²) in [6, 6.07) is 9.37. The number of nitrogens with two attached hydrogens (primary N) is 1. The van der Waals surface area contributed by atoms with Gasteiger partial charge in [0.2, 0.25) is 0 Å². The second-order valence-corrected chi connectivity index (χ2v) is 6.35. The molecule has 0 radical (unpaired) electrons. The van der Waals surface area contributed by atoms with Crippen LogP contribution in [0.1, 0.15) is 10.4 Å². The Balaban J connectivity index is 2.17. The van der Waals surface area contributed by atoms with E-state index in [9.17, 15) is 0 Å². The summed E-state index contributed by atoms with van der Waals surface area (Å²) >= 11 is 13.6. The SMILES string of the molecule is CN(Cc1ccc(Cl)s1)c1ccc(C(=N)N)c(Cl)c1. The van der Waals surface area contributed by atoms with Crippen LogP contribution in [0.25, 0.3) is 0 Å². The van der Waals surface area contributed by atoms with Gasteiger partial charge in [0.25, 0.3) is 0 Å². The fraction of sp³-hybridized carbons (Fsp3) is 0.154. The number of halogens is 2. The summed E-state index contributed by atoms with van der Waals surface area (Å²) in [5.74, 6) is -0.0239. The first kappa shape index (κ1) is 14.2. The molecule has 19 heavy (non-hydrogen) atoms. The molecule has 3 nitrogen and oxygen atoms in total. The Kier molecular flexibility index (Phi) is 4.34. The van der Waals surface area contributed by atoms with Crippen LogP contribution >= 0.6 is 34.5 Å². The minimum absolute atomic E-state index is 0.0239. The van der Waals surface area contributed by atoms with Gasteiger partial charge in [-0.3, -0.25) is 5.41 Å². The number of hydrogen-bond acceptors (Lipinski definition) is 3. The van der Waals surface area contributed by atoms with E-state index in [0.717, 1.165) is 16.6 Å². The summed E-state index contributed by atoms with van der Waals surface area (Å²) in [5.41, 5.74) is 6.96. The molecule has 0 bridgehead atoms. The molecule has 1 heterocycles. The number of nitrogens with zero attached hydrogens (tertiary/aromatic N) is 1. The summed E-state index contributed by atoms with van der Waals surface area (Å²) < 4.78 is 0.786. The van der Waals surface area contributed by atoms with Gasteiger partial charge in [-0.2, -0.15) is 0 Å². The minimum Gasteiger partial charge on any atom is -0.384 e. The predicted molar refractivity (Wildman–Crippen MR) is 83.9 cm³/mol. The number of amidine groups is 1. The van der Waals surface area contributed by atoms with Crippen LogP contribution in [0.3, 0.4) is 0 Å². The number of benzene rings is 1. The van der Waals surface area contributed by atoms with E-state index in [1.165, 1.54) is 4.88 Å². The van der Waals surface area contributed by atoms with Gasteiger partial charge in [0, 0.05) is 23.2 Å². The van der Waals surface area contributed by atoms with Gasteiger partial charge in [-0.05, 0) is 30.3 Å². The molecule has 0 aliphatic rings. The summed E-state index contributed by atoms with van der Waals surface area (Å²) in [5, 5.41) is 7.89. The Labute approximate surface area is 126 Å². The van der Waals surface area contributed by atoms with E-state index in [2.05, 4.69) is 4.90 Å². The van der Waals surface area contributed by atoms with E-state index in [0.29, 0.717) is 10.6 Å². The first-order valence-corrected chi connectivity index (χ1v) is 7.14. The zero-order valence-corrected chi connectivity index (χ0v) is 12.6. The number of anilines is 1. The van der Waals surface area contributed by atoms with Crippen LogP contribution in [0.4, 0.5) is 5.69 Å². The Morgan fingerprint density at radius 1 is 1.32 bits per heavy atom. The predicted octanol–water partition coefficient (Wildman–Crippen LogP) is 3.98. The molecule has 0 amide bonds. The van der Waals surface area contributed by atoms with E-state index < -0.39 is 0 Å². The van der Waals surface area contributed by atoms with Crippen LogP contribution < -0.4 is 10.6 Å². The van der Waals surface area contributed by atoms with E-state index in [1.54, 1.807) is 17.4 Å². The first-order valence-electron chi connectivity index (χ1n) is 5.56. The standard InChI is InChI=1S/C13H13Cl2N3S/c1-18(7-9-3-5-12(15)19-9)8-2-4-10(13(16)17)11(14)6-8/h2-6H,7H2,1H3,(H3,16,17). The number of hydrogen-bond donors (Lipinski definition) is 2. The van der Waals surface area contributed by atoms with Gasteiger partial charge in [0.1, 0.15) is 5.84 Å². The number of rotatable bonds is 4. The van der Waals surface area contributed by atoms with Gasteiger partial charge in [-0.25, -0.2) is 0 Å². The van der Waals surface area contributed by atoms with Gasteiger partial charge in [-0.1, -0.05) is 23.2 Å². The van der Waals surface area contributed by atoms with E-state index in [4.69, 9.17) is 34.3 Å². The Morgan fingerprint density at radius 3 is 2.58 bits per heavy atom. The molecule has 0 saturated heterocycles. The van der Waals surface area contributed by atoms with Crippen molar-refractivity contribution in [3.8, 4) is 0 Å². The van der Waals surface area contributed by atoms with Crippen LogP contribution in [0.15, 0.2) is 30.3 Å². The van der Waals surface area contributed by atoms with Crippen molar-refractivity contribution < 1.29 is 0 Å². The van der Waals surface area contributed by atoms with Gasteiger partial charge in [0.05, 0.1) is 15.9 Å². The topological polar surface area (TPSA) is 53.1 Å². The first-order chi connectivity index (χ1) is 8.97. The molecule has 0 atom stereocenters. The lowest BCUT2D eigenvalue weighted by Gasteiger charge is -2.19. The van der Waals surface area contributed by atoms with E-state index in [1.807, 2.05) is 31.3 Å². The van der Waals surface area contributed by atoms with Crippen molar-refractivity contribution in [2.45, 2.75) is 6.54 Å². The summed E-state index contributed by atoms with van der Waals surface area (Å²) in [6.07, 6.45) is 0. The van der Waals surface area contributed by atoms with Gasteiger partial charge in [0.15, 0.2) is 0 Å². The summed E-state index contributed by atoms with van der Waals surface area (Å²) in [4.78, 5) is 3.25. The molecule has 0 aliphatic heterocycles. The average molecular weight is 314 g/mol. The molecule has 3 N–H and O–H groups in total. The molecule has 0 spiro atoms. The molecule has 6 heteroatoms. The number of nitrogen functional groups attached to an aromatic ring is 1. The van der Waals surface area contributed by atoms with Crippen LogP contribution in [0, 0.1) is 5.41 Å². The molecular formula is C13H13Cl2N3S. The largest absolute Gasteiger partial charge is 0.384 e. The molecule has 0 fully saturated rings. The monoisotopic (exact) mass is 313 g/mol. The molecule has 2 aromatic rings. The molecule has 0 aliphatic carbocycles. The number of nitrogens with one attached hydrogen (secondary N) is 1. The van der Waals surface area contributed by atoms with Crippen LogP contribution in [-0.4, -0.2) is 12.9 Å².